The van der Waals surface area contributed by atoms with Gasteiger partial charge in [-0.3, -0.25) is 0 Å². The van der Waals surface area contributed by atoms with Crippen molar-refractivity contribution in [3.63, 3.8) is 0 Å². The number of ether oxygens (including phenoxy) is 1. The maximum absolute atomic E-state index is 11.4. The van der Waals surface area contributed by atoms with Crippen molar-refractivity contribution < 1.29 is 19.7 Å². The molecule has 2 N–H and O–H groups in total. The summed E-state index contributed by atoms with van der Waals surface area (Å²) in [5, 5.41) is 19.5. The molecule has 0 rings (SSSR count). The number of carbonyl (C=O) groups is 1. The second-order valence-corrected chi connectivity index (χ2v) is 4.38. The molecule has 0 spiro atoms. The van der Waals surface area contributed by atoms with E-state index in [0.717, 1.165) is 12.8 Å². The Morgan fingerprint density at radius 1 is 1.27 bits per heavy atom. The zero-order valence-electron chi connectivity index (χ0n) is 10.0. The SMILES string of the molecule is CCCCC(C)(C)C(O)(O)C(=O)OCC. The molecule has 0 aliphatic carbocycles. The monoisotopic (exact) mass is 218 g/mol. The van der Waals surface area contributed by atoms with Gasteiger partial charge in [0.15, 0.2) is 0 Å². The third-order valence-corrected chi connectivity index (χ3v) is 2.66. The van der Waals surface area contributed by atoms with E-state index in [9.17, 15) is 15.0 Å². The van der Waals surface area contributed by atoms with Gasteiger partial charge < -0.3 is 14.9 Å². The maximum Gasteiger partial charge on any atom is 0.367 e. The van der Waals surface area contributed by atoms with Gasteiger partial charge in [-0.1, -0.05) is 33.6 Å². The van der Waals surface area contributed by atoms with Crippen molar-refractivity contribution in [3.8, 4) is 0 Å². The molecule has 0 atom stereocenters. The molecule has 0 radical (unpaired) electrons. The Kier molecular flexibility index (Phi) is 5.24. The van der Waals surface area contributed by atoms with Crippen molar-refractivity contribution in [3.05, 3.63) is 0 Å². The van der Waals surface area contributed by atoms with Gasteiger partial charge in [-0.05, 0) is 13.3 Å². The number of unbranched alkanes of at least 4 members (excludes halogenated alkanes) is 1. The van der Waals surface area contributed by atoms with Crippen LogP contribution in [0.5, 0.6) is 0 Å². The van der Waals surface area contributed by atoms with Crippen LogP contribution in [0.15, 0.2) is 0 Å². The molecule has 0 saturated carbocycles. The molecule has 0 aliphatic heterocycles. The van der Waals surface area contributed by atoms with Crippen molar-refractivity contribution in [1.29, 1.82) is 0 Å². The molecule has 0 fully saturated rings. The van der Waals surface area contributed by atoms with E-state index in [4.69, 9.17) is 0 Å². The summed E-state index contributed by atoms with van der Waals surface area (Å²) in [4.78, 5) is 11.4. The molecule has 0 heterocycles. The highest BCUT2D eigenvalue weighted by molar-refractivity contribution is 5.78. The fraction of sp³-hybridized carbons (Fsp3) is 0.909. The summed E-state index contributed by atoms with van der Waals surface area (Å²) in [5.41, 5.74) is -0.894. The Bertz CT molecular complexity index is 209. The fourth-order valence-corrected chi connectivity index (χ4v) is 1.30. The highest BCUT2D eigenvalue weighted by atomic mass is 16.6. The van der Waals surface area contributed by atoms with E-state index in [1.165, 1.54) is 0 Å². The lowest BCUT2D eigenvalue weighted by atomic mass is 9.78. The number of aliphatic hydroxyl groups is 2. The third-order valence-electron chi connectivity index (χ3n) is 2.66. The van der Waals surface area contributed by atoms with Gasteiger partial charge >= 0.3 is 5.97 Å². The first-order valence-electron chi connectivity index (χ1n) is 5.41. The van der Waals surface area contributed by atoms with Crippen molar-refractivity contribution in [2.75, 3.05) is 6.61 Å². The van der Waals surface area contributed by atoms with Crippen LogP contribution < -0.4 is 0 Å². The molecule has 4 nitrogen and oxygen atoms in total. The summed E-state index contributed by atoms with van der Waals surface area (Å²) in [6, 6.07) is 0. The number of esters is 1. The van der Waals surface area contributed by atoms with Crippen LogP contribution in [0.25, 0.3) is 0 Å². The average molecular weight is 218 g/mol. The predicted octanol–water partition coefficient (Wildman–Crippen LogP) is 1.45. The molecule has 4 heteroatoms. The minimum Gasteiger partial charge on any atom is -0.462 e. The first kappa shape index (κ1) is 14.4. The minimum absolute atomic E-state index is 0.144. The lowest BCUT2D eigenvalue weighted by molar-refractivity contribution is -0.247. The quantitative estimate of drug-likeness (QED) is 0.523. The highest BCUT2D eigenvalue weighted by Gasteiger charge is 2.49. The summed E-state index contributed by atoms with van der Waals surface area (Å²) in [6.45, 7) is 7.09. The molecule has 15 heavy (non-hydrogen) atoms. The normalized spacial score (nSPS) is 12.7. The molecule has 0 aromatic carbocycles. The van der Waals surface area contributed by atoms with E-state index in [1.54, 1.807) is 20.8 Å². The standard InChI is InChI=1S/C11H22O4/c1-5-7-8-10(3,4)11(13,14)9(12)15-6-2/h13-14H,5-8H2,1-4H3. The van der Waals surface area contributed by atoms with Gasteiger partial charge in [0.05, 0.1) is 6.61 Å². The summed E-state index contributed by atoms with van der Waals surface area (Å²) < 4.78 is 4.63. The van der Waals surface area contributed by atoms with Gasteiger partial charge in [-0.25, -0.2) is 4.79 Å². The molecule has 0 aromatic rings. The first-order chi connectivity index (χ1) is 6.79. The molecular weight excluding hydrogens is 196 g/mol. The van der Waals surface area contributed by atoms with Crippen molar-refractivity contribution in [2.45, 2.75) is 52.7 Å². The molecule has 0 bridgehead atoms. The topological polar surface area (TPSA) is 66.8 Å². The third kappa shape index (κ3) is 3.47. The van der Waals surface area contributed by atoms with Crippen LogP contribution in [0.3, 0.4) is 0 Å². The largest absolute Gasteiger partial charge is 0.462 e. The highest BCUT2D eigenvalue weighted by Crippen LogP contribution is 2.35. The van der Waals surface area contributed by atoms with Crippen LogP contribution >= 0.6 is 0 Å². The Morgan fingerprint density at radius 3 is 2.20 bits per heavy atom. The van der Waals surface area contributed by atoms with Crippen molar-refractivity contribution in [2.24, 2.45) is 5.41 Å². The lowest BCUT2D eigenvalue weighted by Crippen LogP contribution is -2.52. The van der Waals surface area contributed by atoms with Crippen LogP contribution in [-0.4, -0.2) is 28.6 Å². The molecule has 0 unspecified atom stereocenters. The van der Waals surface area contributed by atoms with Gasteiger partial charge in [-0.2, -0.15) is 0 Å². The second kappa shape index (κ2) is 5.47. The van der Waals surface area contributed by atoms with E-state index in [1.807, 2.05) is 6.92 Å². The maximum atomic E-state index is 11.4. The number of carbonyl (C=O) groups excluding carboxylic acids is 1. The number of hydrogen-bond donors (Lipinski definition) is 2. The fourth-order valence-electron chi connectivity index (χ4n) is 1.30. The van der Waals surface area contributed by atoms with E-state index in [0.29, 0.717) is 6.42 Å². The van der Waals surface area contributed by atoms with Crippen molar-refractivity contribution in [1.82, 2.24) is 0 Å². The van der Waals surface area contributed by atoms with Gasteiger partial charge in [0.25, 0.3) is 5.79 Å². The van der Waals surface area contributed by atoms with Gasteiger partial charge in [-0.15, -0.1) is 0 Å². The Balaban J connectivity index is 4.59. The van der Waals surface area contributed by atoms with Crippen LogP contribution in [0.4, 0.5) is 0 Å². The zero-order valence-corrected chi connectivity index (χ0v) is 10.0. The predicted molar refractivity (Wildman–Crippen MR) is 57.1 cm³/mol. The first-order valence-corrected chi connectivity index (χ1v) is 5.41. The van der Waals surface area contributed by atoms with E-state index in [-0.39, 0.29) is 6.61 Å². The summed E-state index contributed by atoms with van der Waals surface area (Å²) in [5.74, 6) is -3.37. The van der Waals surface area contributed by atoms with Crippen molar-refractivity contribution >= 4 is 5.97 Å². The molecule has 0 aromatic heterocycles. The van der Waals surface area contributed by atoms with Gasteiger partial charge in [0.2, 0.25) is 0 Å². The van der Waals surface area contributed by atoms with E-state index >= 15 is 0 Å². The lowest BCUT2D eigenvalue weighted by Gasteiger charge is -2.35. The van der Waals surface area contributed by atoms with E-state index in [2.05, 4.69) is 4.74 Å². The van der Waals surface area contributed by atoms with Crippen LogP contribution in [0.1, 0.15) is 47.0 Å². The minimum atomic E-state index is -2.40. The Morgan fingerprint density at radius 2 is 1.80 bits per heavy atom. The second-order valence-electron chi connectivity index (χ2n) is 4.38. The summed E-state index contributed by atoms with van der Waals surface area (Å²) in [6.07, 6.45) is 2.35. The summed E-state index contributed by atoms with van der Waals surface area (Å²) in [7, 11) is 0. The molecule has 90 valence electrons. The average Bonchev–Trinajstić information content (AvgIpc) is 2.15. The van der Waals surface area contributed by atoms with Crippen LogP contribution in [0, 0.1) is 5.41 Å². The number of hydrogen-bond acceptors (Lipinski definition) is 4. The van der Waals surface area contributed by atoms with Crippen LogP contribution in [0.2, 0.25) is 0 Å². The van der Waals surface area contributed by atoms with Crippen LogP contribution in [-0.2, 0) is 9.53 Å². The molecule has 0 saturated heterocycles. The molecule has 0 amide bonds. The summed E-state index contributed by atoms with van der Waals surface area (Å²) >= 11 is 0. The molecular formula is C11H22O4. The Hall–Kier alpha value is -0.610. The van der Waals surface area contributed by atoms with Gasteiger partial charge in [0.1, 0.15) is 0 Å². The van der Waals surface area contributed by atoms with Gasteiger partial charge in [0, 0.05) is 5.41 Å². The smallest absolute Gasteiger partial charge is 0.367 e. The molecule has 0 aliphatic rings. The van der Waals surface area contributed by atoms with E-state index < -0.39 is 17.2 Å². The number of rotatable bonds is 6. The zero-order chi connectivity index (χ0) is 12.1. The Labute approximate surface area is 91.3 Å².